The molecule has 2 saturated carbocycles. The van der Waals surface area contributed by atoms with Crippen LogP contribution in [0.3, 0.4) is 0 Å². The van der Waals surface area contributed by atoms with E-state index in [0.717, 1.165) is 19.4 Å². The third-order valence-electron chi connectivity index (χ3n) is 4.14. The number of hydrogen-bond acceptors (Lipinski definition) is 2. The van der Waals surface area contributed by atoms with Crippen molar-refractivity contribution in [2.24, 2.45) is 11.7 Å². The largest absolute Gasteiger partial charge is 0.329 e. The van der Waals surface area contributed by atoms with Gasteiger partial charge in [-0.1, -0.05) is 6.07 Å². The van der Waals surface area contributed by atoms with Gasteiger partial charge in [0, 0.05) is 24.7 Å². The molecule has 1 aromatic carbocycles. The quantitative estimate of drug-likeness (QED) is 0.858. The van der Waals surface area contributed by atoms with Gasteiger partial charge in [0.05, 0.1) is 6.04 Å². The van der Waals surface area contributed by atoms with Crippen molar-refractivity contribution >= 4 is 0 Å². The minimum atomic E-state index is -0.475. The Hall–Kier alpha value is -1.00. The second-order valence-electron chi connectivity index (χ2n) is 5.76. The summed E-state index contributed by atoms with van der Waals surface area (Å²) in [5.74, 6) is -0.252. The third-order valence-corrected chi connectivity index (χ3v) is 4.14. The summed E-state index contributed by atoms with van der Waals surface area (Å²) < 4.78 is 27.9. The second-order valence-corrected chi connectivity index (χ2v) is 5.76. The number of benzene rings is 1. The maximum atomic E-state index is 14.0. The predicted molar refractivity (Wildman–Crippen MR) is 70.6 cm³/mol. The van der Waals surface area contributed by atoms with Gasteiger partial charge in [0.25, 0.3) is 0 Å². The first-order chi connectivity index (χ1) is 9.20. The molecule has 3 rings (SSSR count). The summed E-state index contributed by atoms with van der Waals surface area (Å²) in [7, 11) is 0. The molecule has 0 saturated heterocycles. The molecule has 0 heterocycles. The highest BCUT2D eigenvalue weighted by atomic mass is 19.1. The van der Waals surface area contributed by atoms with Crippen LogP contribution < -0.4 is 5.73 Å². The predicted octanol–water partition coefficient (Wildman–Crippen LogP) is 2.84. The van der Waals surface area contributed by atoms with Gasteiger partial charge in [-0.05, 0) is 43.7 Å². The van der Waals surface area contributed by atoms with Gasteiger partial charge >= 0.3 is 0 Å². The van der Waals surface area contributed by atoms with E-state index in [1.54, 1.807) is 0 Å². The molecule has 104 valence electrons. The summed E-state index contributed by atoms with van der Waals surface area (Å²) in [4.78, 5) is 2.24. The molecule has 19 heavy (non-hydrogen) atoms. The minimum absolute atomic E-state index is 0.151. The first kappa shape index (κ1) is 13.0. The first-order valence-corrected chi connectivity index (χ1v) is 7.10. The van der Waals surface area contributed by atoms with Crippen LogP contribution in [-0.4, -0.2) is 24.0 Å². The molecule has 0 aliphatic heterocycles. The molecule has 2 fully saturated rings. The molecule has 0 spiro atoms. The summed E-state index contributed by atoms with van der Waals surface area (Å²) in [5.41, 5.74) is 5.98. The molecule has 2 aliphatic carbocycles. The van der Waals surface area contributed by atoms with Crippen LogP contribution in [0.15, 0.2) is 18.2 Å². The minimum Gasteiger partial charge on any atom is -0.329 e. The van der Waals surface area contributed by atoms with E-state index in [1.165, 1.54) is 31.0 Å². The van der Waals surface area contributed by atoms with Gasteiger partial charge in [-0.2, -0.15) is 0 Å². The van der Waals surface area contributed by atoms with E-state index < -0.39 is 11.6 Å². The SMILES string of the molecule is NCC(c1c(F)cccc1F)N(CC1CC1)C1CC1. The Morgan fingerprint density at radius 3 is 2.26 bits per heavy atom. The lowest BCUT2D eigenvalue weighted by Crippen LogP contribution is -2.38. The highest BCUT2D eigenvalue weighted by Crippen LogP contribution is 2.40. The average Bonchev–Trinajstić information content (AvgIpc) is 3.26. The van der Waals surface area contributed by atoms with E-state index >= 15 is 0 Å². The van der Waals surface area contributed by atoms with E-state index in [4.69, 9.17) is 5.73 Å². The van der Waals surface area contributed by atoms with Crippen LogP contribution >= 0.6 is 0 Å². The lowest BCUT2D eigenvalue weighted by molar-refractivity contribution is 0.175. The summed E-state index contributed by atoms with van der Waals surface area (Å²) in [6, 6.07) is 4.19. The van der Waals surface area contributed by atoms with Gasteiger partial charge in [0.1, 0.15) is 11.6 Å². The molecule has 1 unspecified atom stereocenters. The molecule has 0 aromatic heterocycles. The smallest absolute Gasteiger partial charge is 0.130 e. The summed E-state index contributed by atoms with van der Waals surface area (Å²) in [6.07, 6.45) is 4.72. The van der Waals surface area contributed by atoms with Crippen molar-refractivity contribution in [3.05, 3.63) is 35.4 Å². The number of nitrogens with zero attached hydrogens (tertiary/aromatic N) is 1. The molecule has 2 nitrogen and oxygen atoms in total. The molecule has 0 bridgehead atoms. The summed E-state index contributed by atoms with van der Waals surface area (Å²) in [5, 5.41) is 0. The van der Waals surface area contributed by atoms with E-state index in [2.05, 4.69) is 4.90 Å². The maximum Gasteiger partial charge on any atom is 0.130 e. The zero-order valence-corrected chi connectivity index (χ0v) is 11.0. The lowest BCUT2D eigenvalue weighted by atomic mass is 10.0. The lowest BCUT2D eigenvalue weighted by Gasteiger charge is -2.31. The third kappa shape index (κ3) is 2.79. The van der Waals surface area contributed by atoms with Crippen LogP contribution in [0.2, 0.25) is 0 Å². The van der Waals surface area contributed by atoms with Crippen molar-refractivity contribution in [2.45, 2.75) is 37.8 Å². The van der Waals surface area contributed by atoms with E-state index in [0.29, 0.717) is 12.0 Å². The van der Waals surface area contributed by atoms with Gasteiger partial charge in [-0.3, -0.25) is 4.90 Å². The fraction of sp³-hybridized carbons (Fsp3) is 0.600. The van der Waals surface area contributed by atoms with Crippen molar-refractivity contribution in [2.75, 3.05) is 13.1 Å². The maximum absolute atomic E-state index is 14.0. The highest BCUT2D eigenvalue weighted by molar-refractivity contribution is 5.24. The summed E-state index contributed by atoms with van der Waals surface area (Å²) in [6.45, 7) is 1.20. The van der Waals surface area contributed by atoms with Gasteiger partial charge in [-0.15, -0.1) is 0 Å². The van der Waals surface area contributed by atoms with Crippen LogP contribution in [0.5, 0.6) is 0 Å². The van der Waals surface area contributed by atoms with Gasteiger partial charge < -0.3 is 5.73 Å². The van der Waals surface area contributed by atoms with Crippen molar-refractivity contribution in [1.82, 2.24) is 4.90 Å². The molecule has 2 N–H and O–H groups in total. The van der Waals surface area contributed by atoms with E-state index in [1.807, 2.05) is 0 Å². The van der Waals surface area contributed by atoms with Crippen LogP contribution in [-0.2, 0) is 0 Å². The average molecular weight is 266 g/mol. The second kappa shape index (κ2) is 5.17. The first-order valence-electron chi connectivity index (χ1n) is 7.10. The topological polar surface area (TPSA) is 29.3 Å². The zero-order valence-electron chi connectivity index (χ0n) is 11.0. The van der Waals surface area contributed by atoms with E-state index in [9.17, 15) is 8.78 Å². The van der Waals surface area contributed by atoms with Crippen LogP contribution in [0.25, 0.3) is 0 Å². The van der Waals surface area contributed by atoms with Crippen LogP contribution in [0.1, 0.15) is 37.3 Å². The molecular formula is C15H20F2N2. The van der Waals surface area contributed by atoms with Gasteiger partial charge in [0.15, 0.2) is 0 Å². The normalized spacial score (nSPS) is 20.8. The Bertz CT molecular complexity index is 435. The summed E-state index contributed by atoms with van der Waals surface area (Å²) >= 11 is 0. The van der Waals surface area contributed by atoms with Crippen LogP contribution in [0.4, 0.5) is 8.78 Å². The Labute approximate surface area is 112 Å². The molecule has 0 amide bonds. The van der Waals surface area contributed by atoms with Crippen molar-refractivity contribution in [1.29, 1.82) is 0 Å². The fourth-order valence-corrected chi connectivity index (χ4v) is 2.78. The molecule has 4 heteroatoms. The van der Waals surface area contributed by atoms with Gasteiger partial charge in [0.2, 0.25) is 0 Å². The number of hydrogen-bond donors (Lipinski definition) is 1. The van der Waals surface area contributed by atoms with E-state index in [-0.39, 0.29) is 18.2 Å². The molecular weight excluding hydrogens is 246 g/mol. The Morgan fingerprint density at radius 2 is 1.79 bits per heavy atom. The molecule has 1 atom stereocenters. The Kier molecular flexibility index (Phi) is 3.54. The number of halogens is 2. The number of rotatable bonds is 6. The van der Waals surface area contributed by atoms with Crippen molar-refractivity contribution in [3.8, 4) is 0 Å². The van der Waals surface area contributed by atoms with Crippen LogP contribution in [0, 0.1) is 17.6 Å². The highest BCUT2D eigenvalue weighted by Gasteiger charge is 2.39. The van der Waals surface area contributed by atoms with Crippen molar-refractivity contribution < 1.29 is 8.78 Å². The Morgan fingerprint density at radius 1 is 1.16 bits per heavy atom. The van der Waals surface area contributed by atoms with Crippen molar-refractivity contribution in [3.63, 3.8) is 0 Å². The fourth-order valence-electron chi connectivity index (χ4n) is 2.78. The zero-order chi connectivity index (χ0) is 13.4. The molecule has 2 aliphatic rings. The number of nitrogens with two attached hydrogens (primary N) is 1. The monoisotopic (exact) mass is 266 g/mol. The molecule has 1 aromatic rings. The van der Waals surface area contributed by atoms with Gasteiger partial charge in [-0.25, -0.2) is 8.78 Å². The molecule has 0 radical (unpaired) electrons. The Balaban J connectivity index is 1.88. The standard InChI is InChI=1S/C15H20F2N2/c16-12-2-1-3-13(17)15(12)14(8-18)19(11-6-7-11)9-10-4-5-10/h1-3,10-11,14H,4-9,18H2.